The molecule has 2 N–H and O–H groups in total. The number of amides is 2. The van der Waals surface area contributed by atoms with Gasteiger partial charge in [-0.1, -0.05) is 0 Å². The third-order valence-electron chi connectivity index (χ3n) is 2.19. The predicted molar refractivity (Wildman–Crippen MR) is 48.1 cm³/mol. The molecule has 2 amide bonds. The van der Waals surface area contributed by atoms with Crippen molar-refractivity contribution < 1.29 is 9.59 Å². The van der Waals surface area contributed by atoms with Crippen LogP contribution in [0.2, 0.25) is 0 Å². The van der Waals surface area contributed by atoms with Crippen molar-refractivity contribution in [3.63, 3.8) is 0 Å². The Labute approximate surface area is 77.5 Å². The standard InChI is InChI=1S/C8H15N3O2/c1-9-3-4-11(2)6-5-7(12)10-8(6)13/h6,9H,3-5H2,1-2H3,(H,10,12,13). The van der Waals surface area contributed by atoms with Gasteiger partial charge < -0.3 is 5.32 Å². The Morgan fingerprint density at radius 3 is 2.77 bits per heavy atom. The van der Waals surface area contributed by atoms with Gasteiger partial charge in [-0.2, -0.15) is 0 Å². The highest BCUT2D eigenvalue weighted by molar-refractivity contribution is 6.05. The van der Waals surface area contributed by atoms with Crippen LogP contribution in [-0.2, 0) is 9.59 Å². The fraction of sp³-hybridized carbons (Fsp3) is 0.750. The van der Waals surface area contributed by atoms with Crippen LogP contribution in [0.15, 0.2) is 0 Å². The van der Waals surface area contributed by atoms with E-state index in [0.29, 0.717) is 6.42 Å². The highest BCUT2D eigenvalue weighted by Crippen LogP contribution is 2.07. The summed E-state index contributed by atoms with van der Waals surface area (Å²) < 4.78 is 0. The van der Waals surface area contributed by atoms with Crippen LogP contribution in [0.3, 0.4) is 0 Å². The molecule has 0 aliphatic carbocycles. The van der Waals surface area contributed by atoms with Crippen molar-refractivity contribution >= 4 is 11.8 Å². The molecule has 0 bridgehead atoms. The zero-order chi connectivity index (χ0) is 9.84. The molecular weight excluding hydrogens is 170 g/mol. The molecule has 1 aliphatic rings. The van der Waals surface area contributed by atoms with Gasteiger partial charge in [0.1, 0.15) is 0 Å². The summed E-state index contributed by atoms with van der Waals surface area (Å²) in [5, 5.41) is 5.27. The van der Waals surface area contributed by atoms with Crippen LogP contribution in [0.5, 0.6) is 0 Å². The Morgan fingerprint density at radius 2 is 2.31 bits per heavy atom. The van der Waals surface area contributed by atoms with Crippen LogP contribution in [0, 0.1) is 0 Å². The van der Waals surface area contributed by atoms with E-state index in [2.05, 4.69) is 10.6 Å². The van der Waals surface area contributed by atoms with Gasteiger partial charge in [-0.3, -0.25) is 19.8 Å². The van der Waals surface area contributed by atoms with Crippen LogP contribution in [-0.4, -0.2) is 49.9 Å². The Balaban J connectivity index is 2.42. The number of nitrogens with zero attached hydrogens (tertiary/aromatic N) is 1. The van der Waals surface area contributed by atoms with E-state index in [0.717, 1.165) is 13.1 Å². The van der Waals surface area contributed by atoms with Gasteiger partial charge in [0.05, 0.1) is 12.5 Å². The Hall–Kier alpha value is -0.940. The van der Waals surface area contributed by atoms with Gasteiger partial charge in [-0.25, -0.2) is 0 Å². The molecule has 1 atom stereocenters. The van der Waals surface area contributed by atoms with Gasteiger partial charge in [-0.15, -0.1) is 0 Å². The first-order chi connectivity index (χ1) is 6.15. The summed E-state index contributed by atoms with van der Waals surface area (Å²) in [5.74, 6) is -0.352. The highest BCUT2D eigenvalue weighted by Gasteiger charge is 2.32. The molecule has 0 aromatic rings. The summed E-state index contributed by atoms with van der Waals surface area (Å²) >= 11 is 0. The summed E-state index contributed by atoms with van der Waals surface area (Å²) in [6.07, 6.45) is 0.291. The van der Waals surface area contributed by atoms with Crippen molar-refractivity contribution in [3.8, 4) is 0 Å². The van der Waals surface area contributed by atoms with Crippen molar-refractivity contribution in [1.29, 1.82) is 0 Å². The van der Waals surface area contributed by atoms with E-state index < -0.39 is 0 Å². The molecule has 0 aromatic carbocycles. The van der Waals surface area contributed by atoms with E-state index in [4.69, 9.17) is 0 Å². The number of carbonyl (C=O) groups is 2. The Bertz CT molecular complexity index is 217. The van der Waals surface area contributed by atoms with Gasteiger partial charge >= 0.3 is 0 Å². The van der Waals surface area contributed by atoms with Crippen molar-refractivity contribution in [2.75, 3.05) is 27.2 Å². The second-order valence-electron chi connectivity index (χ2n) is 3.22. The largest absolute Gasteiger partial charge is 0.318 e. The molecule has 1 unspecified atom stereocenters. The smallest absolute Gasteiger partial charge is 0.244 e. The monoisotopic (exact) mass is 185 g/mol. The number of rotatable bonds is 4. The maximum absolute atomic E-state index is 11.2. The molecule has 74 valence electrons. The van der Waals surface area contributed by atoms with Crippen molar-refractivity contribution in [2.24, 2.45) is 0 Å². The van der Waals surface area contributed by atoms with Gasteiger partial charge in [0.2, 0.25) is 11.8 Å². The lowest BCUT2D eigenvalue weighted by molar-refractivity contribution is -0.126. The minimum Gasteiger partial charge on any atom is -0.318 e. The third kappa shape index (κ3) is 2.50. The lowest BCUT2D eigenvalue weighted by Crippen LogP contribution is -2.40. The van der Waals surface area contributed by atoms with Gasteiger partial charge in [-0.05, 0) is 14.1 Å². The minimum absolute atomic E-state index is 0.175. The van der Waals surface area contributed by atoms with Crippen LogP contribution in [0.4, 0.5) is 0 Å². The number of carbonyl (C=O) groups excluding carboxylic acids is 2. The van der Waals surface area contributed by atoms with Crippen molar-refractivity contribution in [2.45, 2.75) is 12.5 Å². The molecule has 1 saturated heterocycles. The average Bonchev–Trinajstić information content (AvgIpc) is 2.41. The maximum atomic E-state index is 11.2. The number of imide groups is 1. The molecule has 5 nitrogen and oxygen atoms in total. The molecule has 13 heavy (non-hydrogen) atoms. The Kier molecular flexibility index (Phi) is 3.39. The fourth-order valence-corrected chi connectivity index (χ4v) is 1.34. The summed E-state index contributed by atoms with van der Waals surface area (Å²) in [4.78, 5) is 23.9. The molecule has 1 rings (SSSR count). The van der Waals surface area contributed by atoms with Crippen LogP contribution >= 0.6 is 0 Å². The first-order valence-electron chi connectivity index (χ1n) is 4.33. The molecule has 1 fully saturated rings. The normalized spacial score (nSPS) is 22.5. The summed E-state index contributed by atoms with van der Waals surface area (Å²) in [6.45, 7) is 1.58. The first kappa shape index (κ1) is 10.1. The number of hydrogen-bond donors (Lipinski definition) is 2. The van der Waals surface area contributed by atoms with Crippen LogP contribution < -0.4 is 10.6 Å². The lowest BCUT2D eigenvalue weighted by atomic mass is 10.2. The minimum atomic E-state index is -0.277. The van der Waals surface area contributed by atoms with Gasteiger partial charge in [0.15, 0.2) is 0 Å². The molecule has 5 heteroatoms. The number of hydrogen-bond acceptors (Lipinski definition) is 4. The topological polar surface area (TPSA) is 61.4 Å². The first-order valence-corrected chi connectivity index (χ1v) is 4.33. The lowest BCUT2D eigenvalue weighted by Gasteiger charge is -2.20. The SMILES string of the molecule is CNCCN(C)C1CC(=O)NC1=O. The molecule has 0 spiro atoms. The zero-order valence-electron chi connectivity index (χ0n) is 7.96. The second kappa shape index (κ2) is 4.34. The number of likely N-dealkylation sites (N-methyl/N-ethyl adjacent to an activating group) is 2. The van der Waals surface area contributed by atoms with Crippen molar-refractivity contribution in [3.05, 3.63) is 0 Å². The van der Waals surface area contributed by atoms with Crippen molar-refractivity contribution in [1.82, 2.24) is 15.5 Å². The molecule has 1 heterocycles. The summed E-state index contributed by atoms with van der Waals surface area (Å²) in [7, 11) is 3.70. The highest BCUT2D eigenvalue weighted by atomic mass is 16.2. The Morgan fingerprint density at radius 1 is 1.62 bits per heavy atom. The molecule has 0 saturated carbocycles. The van der Waals surface area contributed by atoms with E-state index in [-0.39, 0.29) is 17.9 Å². The van der Waals surface area contributed by atoms with Gasteiger partial charge in [0.25, 0.3) is 0 Å². The van der Waals surface area contributed by atoms with E-state index in [1.807, 2.05) is 19.0 Å². The molecular formula is C8H15N3O2. The average molecular weight is 185 g/mol. The number of nitrogens with one attached hydrogen (secondary N) is 2. The molecule has 0 aromatic heterocycles. The second-order valence-corrected chi connectivity index (χ2v) is 3.22. The van der Waals surface area contributed by atoms with E-state index in [1.54, 1.807) is 0 Å². The third-order valence-corrected chi connectivity index (χ3v) is 2.19. The fourth-order valence-electron chi connectivity index (χ4n) is 1.34. The van der Waals surface area contributed by atoms with E-state index in [1.165, 1.54) is 0 Å². The van der Waals surface area contributed by atoms with Crippen LogP contribution in [0.1, 0.15) is 6.42 Å². The zero-order valence-corrected chi connectivity index (χ0v) is 7.96. The summed E-state index contributed by atoms with van der Waals surface area (Å²) in [5.41, 5.74) is 0. The van der Waals surface area contributed by atoms with E-state index >= 15 is 0 Å². The maximum Gasteiger partial charge on any atom is 0.244 e. The molecule has 0 radical (unpaired) electrons. The predicted octanol–water partition coefficient (Wildman–Crippen LogP) is -1.45. The van der Waals surface area contributed by atoms with Gasteiger partial charge in [0, 0.05) is 13.1 Å². The quantitative estimate of drug-likeness (QED) is 0.526. The van der Waals surface area contributed by atoms with E-state index in [9.17, 15) is 9.59 Å². The van der Waals surface area contributed by atoms with Crippen LogP contribution in [0.25, 0.3) is 0 Å². The summed E-state index contributed by atoms with van der Waals surface area (Å²) in [6, 6.07) is -0.277. The molecule has 1 aliphatic heterocycles.